The molecule has 0 atom stereocenters. The summed E-state index contributed by atoms with van der Waals surface area (Å²) in [6.07, 6.45) is 0. The number of fused-ring (bicyclic) bond motifs is 1. The summed E-state index contributed by atoms with van der Waals surface area (Å²) in [6.45, 7) is 0.239. The van der Waals surface area contributed by atoms with Gasteiger partial charge in [-0.15, -0.1) is 5.10 Å². The van der Waals surface area contributed by atoms with Crippen LogP contribution in [0.1, 0.15) is 15.9 Å². The molecule has 0 bridgehead atoms. The van der Waals surface area contributed by atoms with Gasteiger partial charge in [0.1, 0.15) is 17.3 Å². The Morgan fingerprint density at radius 2 is 1.95 bits per heavy atom. The first-order valence-electron chi connectivity index (χ1n) is 6.24. The standard InChI is InChI=1S/C15H11ClN2O3/c16-12-8-4-7-11-13(15(19)20)14(17-18(11)12)21-9-10-5-2-1-3-6-10/h1-8H,9H2,(H,19,20). The lowest BCUT2D eigenvalue weighted by Crippen LogP contribution is -2.02. The van der Waals surface area contributed by atoms with Crippen LogP contribution in [0.2, 0.25) is 5.15 Å². The van der Waals surface area contributed by atoms with Crippen LogP contribution in [0.3, 0.4) is 0 Å². The van der Waals surface area contributed by atoms with E-state index in [4.69, 9.17) is 16.3 Å². The SMILES string of the molecule is O=C(O)c1c(OCc2ccccc2)nn2c(Cl)cccc12. The predicted octanol–water partition coefficient (Wildman–Crippen LogP) is 3.26. The Kier molecular flexibility index (Phi) is 3.50. The van der Waals surface area contributed by atoms with Crippen LogP contribution in [0, 0.1) is 0 Å². The van der Waals surface area contributed by atoms with E-state index in [1.807, 2.05) is 30.3 Å². The lowest BCUT2D eigenvalue weighted by Gasteiger charge is -2.03. The summed E-state index contributed by atoms with van der Waals surface area (Å²) in [5, 5.41) is 13.8. The highest BCUT2D eigenvalue weighted by molar-refractivity contribution is 6.29. The molecule has 2 aromatic heterocycles. The average molecular weight is 303 g/mol. The molecule has 6 heteroatoms. The zero-order valence-corrected chi connectivity index (χ0v) is 11.6. The molecule has 0 aliphatic rings. The van der Waals surface area contributed by atoms with Gasteiger partial charge < -0.3 is 9.84 Å². The van der Waals surface area contributed by atoms with Crippen molar-refractivity contribution in [2.45, 2.75) is 6.61 Å². The van der Waals surface area contributed by atoms with Crippen molar-refractivity contribution >= 4 is 23.1 Å². The summed E-state index contributed by atoms with van der Waals surface area (Å²) in [5.74, 6) is -1.05. The first kappa shape index (κ1) is 13.5. The first-order valence-corrected chi connectivity index (χ1v) is 6.62. The minimum absolute atomic E-state index is 0.00781. The van der Waals surface area contributed by atoms with Gasteiger partial charge in [0, 0.05) is 0 Å². The molecular weight excluding hydrogens is 292 g/mol. The summed E-state index contributed by atoms with van der Waals surface area (Å²) >= 11 is 6.02. The lowest BCUT2D eigenvalue weighted by atomic mass is 10.2. The van der Waals surface area contributed by atoms with Gasteiger partial charge in [0.05, 0.1) is 5.52 Å². The second-order valence-electron chi connectivity index (χ2n) is 4.41. The van der Waals surface area contributed by atoms with Gasteiger partial charge >= 0.3 is 5.97 Å². The summed E-state index contributed by atoms with van der Waals surface area (Å²) in [7, 11) is 0. The molecule has 21 heavy (non-hydrogen) atoms. The molecule has 0 fully saturated rings. The zero-order valence-electron chi connectivity index (χ0n) is 10.9. The Balaban J connectivity index is 2.00. The molecule has 0 saturated carbocycles. The Morgan fingerprint density at radius 1 is 1.19 bits per heavy atom. The number of carboxylic acid groups (broad SMARTS) is 1. The Hall–Kier alpha value is -2.53. The van der Waals surface area contributed by atoms with Crippen LogP contribution in [0.25, 0.3) is 5.52 Å². The van der Waals surface area contributed by atoms with Gasteiger partial charge in [0.25, 0.3) is 0 Å². The topological polar surface area (TPSA) is 63.8 Å². The van der Waals surface area contributed by atoms with Crippen LogP contribution in [0.4, 0.5) is 0 Å². The fraction of sp³-hybridized carbons (Fsp3) is 0.0667. The van der Waals surface area contributed by atoms with Crippen LogP contribution >= 0.6 is 11.6 Å². The fourth-order valence-electron chi connectivity index (χ4n) is 2.04. The molecular formula is C15H11ClN2O3. The van der Waals surface area contributed by atoms with Crippen molar-refractivity contribution in [3.05, 3.63) is 64.8 Å². The number of halogens is 1. The third kappa shape index (κ3) is 2.55. The highest BCUT2D eigenvalue weighted by Crippen LogP contribution is 2.26. The minimum atomic E-state index is -1.10. The molecule has 5 nitrogen and oxygen atoms in total. The van der Waals surface area contributed by atoms with E-state index in [1.54, 1.807) is 18.2 Å². The molecule has 2 heterocycles. The maximum atomic E-state index is 11.4. The number of carbonyl (C=O) groups is 1. The van der Waals surface area contributed by atoms with E-state index >= 15 is 0 Å². The molecule has 106 valence electrons. The fourth-order valence-corrected chi connectivity index (χ4v) is 2.25. The molecule has 0 spiro atoms. The number of benzene rings is 1. The van der Waals surface area contributed by atoms with Crippen LogP contribution in [-0.4, -0.2) is 20.7 Å². The molecule has 1 aromatic carbocycles. The maximum Gasteiger partial charge on any atom is 0.343 e. The number of hydrogen-bond acceptors (Lipinski definition) is 3. The van der Waals surface area contributed by atoms with Gasteiger partial charge in [0.2, 0.25) is 5.88 Å². The largest absolute Gasteiger partial charge is 0.477 e. The van der Waals surface area contributed by atoms with E-state index in [0.717, 1.165) is 5.56 Å². The van der Waals surface area contributed by atoms with Gasteiger partial charge in [-0.2, -0.15) is 0 Å². The molecule has 0 aliphatic heterocycles. The number of rotatable bonds is 4. The molecule has 0 saturated heterocycles. The van der Waals surface area contributed by atoms with Crippen molar-refractivity contribution in [1.82, 2.24) is 9.61 Å². The maximum absolute atomic E-state index is 11.4. The van der Waals surface area contributed by atoms with E-state index in [0.29, 0.717) is 10.7 Å². The van der Waals surface area contributed by atoms with Crippen LogP contribution < -0.4 is 4.74 Å². The third-order valence-electron chi connectivity index (χ3n) is 3.01. The van der Waals surface area contributed by atoms with Gasteiger partial charge in [-0.1, -0.05) is 48.0 Å². The summed E-state index contributed by atoms with van der Waals surface area (Å²) in [5.41, 5.74) is 1.34. The number of carboxylic acids is 1. The minimum Gasteiger partial charge on any atom is -0.477 e. The van der Waals surface area contributed by atoms with Gasteiger partial charge in [-0.3, -0.25) is 0 Å². The number of aromatic nitrogens is 2. The molecule has 3 aromatic rings. The lowest BCUT2D eigenvalue weighted by molar-refractivity contribution is 0.0694. The van der Waals surface area contributed by atoms with Crippen molar-refractivity contribution in [2.75, 3.05) is 0 Å². The normalized spacial score (nSPS) is 10.7. The second-order valence-corrected chi connectivity index (χ2v) is 4.79. The third-order valence-corrected chi connectivity index (χ3v) is 3.30. The number of ether oxygens (including phenoxy) is 1. The number of aromatic carboxylic acids is 1. The second kappa shape index (κ2) is 5.46. The number of pyridine rings is 1. The number of nitrogens with zero attached hydrogens (tertiary/aromatic N) is 2. The van der Waals surface area contributed by atoms with Crippen LogP contribution in [-0.2, 0) is 6.61 Å². The van der Waals surface area contributed by atoms with E-state index in [9.17, 15) is 9.90 Å². The average Bonchev–Trinajstić information content (AvgIpc) is 2.86. The molecule has 3 rings (SSSR count). The Labute approximate surface area is 125 Å². The predicted molar refractivity (Wildman–Crippen MR) is 77.9 cm³/mol. The smallest absolute Gasteiger partial charge is 0.343 e. The van der Waals surface area contributed by atoms with Crippen LogP contribution in [0.15, 0.2) is 48.5 Å². The molecule has 0 unspecified atom stereocenters. The molecule has 1 N–H and O–H groups in total. The van der Waals surface area contributed by atoms with E-state index in [-0.39, 0.29) is 18.1 Å². The highest BCUT2D eigenvalue weighted by atomic mass is 35.5. The summed E-state index contributed by atoms with van der Waals surface area (Å²) in [4.78, 5) is 11.4. The summed E-state index contributed by atoms with van der Waals surface area (Å²) in [6, 6.07) is 14.4. The van der Waals surface area contributed by atoms with Crippen LogP contribution in [0.5, 0.6) is 5.88 Å². The molecule has 0 radical (unpaired) electrons. The molecule has 0 amide bonds. The van der Waals surface area contributed by atoms with E-state index < -0.39 is 5.97 Å². The molecule has 0 aliphatic carbocycles. The summed E-state index contributed by atoms with van der Waals surface area (Å²) < 4.78 is 6.91. The quantitative estimate of drug-likeness (QED) is 0.751. The Morgan fingerprint density at radius 3 is 2.67 bits per heavy atom. The monoisotopic (exact) mass is 302 g/mol. The zero-order chi connectivity index (χ0) is 14.8. The van der Waals surface area contributed by atoms with Gasteiger partial charge in [-0.05, 0) is 17.7 Å². The van der Waals surface area contributed by atoms with E-state index in [2.05, 4.69) is 5.10 Å². The van der Waals surface area contributed by atoms with E-state index in [1.165, 1.54) is 4.52 Å². The van der Waals surface area contributed by atoms with Gasteiger partial charge in [0.15, 0.2) is 0 Å². The number of hydrogen-bond donors (Lipinski definition) is 1. The van der Waals surface area contributed by atoms with Gasteiger partial charge in [-0.25, -0.2) is 9.31 Å². The highest BCUT2D eigenvalue weighted by Gasteiger charge is 2.21. The van der Waals surface area contributed by atoms with Crippen molar-refractivity contribution in [3.63, 3.8) is 0 Å². The Bertz CT molecular complexity index is 799. The van der Waals surface area contributed by atoms with Crippen molar-refractivity contribution in [1.29, 1.82) is 0 Å². The van der Waals surface area contributed by atoms with Crippen molar-refractivity contribution < 1.29 is 14.6 Å². The van der Waals surface area contributed by atoms with Crippen molar-refractivity contribution in [3.8, 4) is 5.88 Å². The first-order chi connectivity index (χ1) is 10.2. The van der Waals surface area contributed by atoms with Crippen molar-refractivity contribution in [2.24, 2.45) is 0 Å².